The second-order valence-corrected chi connectivity index (χ2v) is 7.65. The van der Waals surface area contributed by atoms with Crippen LogP contribution in [0.1, 0.15) is 30.9 Å². The zero-order valence-electron chi connectivity index (χ0n) is 13.4. The van der Waals surface area contributed by atoms with Crippen LogP contribution in [0.5, 0.6) is 0 Å². The van der Waals surface area contributed by atoms with Gasteiger partial charge in [-0.05, 0) is 38.0 Å². The van der Waals surface area contributed by atoms with E-state index < -0.39 is 32.7 Å². The van der Waals surface area contributed by atoms with Gasteiger partial charge in [-0.2, -0.15) is 13.2 Å². The number of nitrogens with one attached hydrogen (secondary N) is 1. The summed E-state index contributed by atoms with van der Waals surface area (Å²) in [6, 6.07) is 2.30. The van der Waals surface area contributed by atoms with Gasteiger partial charge in [-0.3, -0.25) is 4.79 Å². The lowest BCUT2D eigenvalue weighted by molar-refractivity contribution is -0.138. The molecule has 9 heteroatoms. The zero-order valence-corrected chi connectivity index (χ0v) is 14.2. The third-order valence-corrected chi connectivity index (χ3v) is 5.43. The van der Waals surface area contributed by atoms with Gasteiger partial charge < -0.3 is 4.90 Å². The van der Waals surface area contributed by atoms with E-state index in [1.165, 1.54) is 6.92 Å². The Kier molecular flexibility index (Phi) is 5.24. The topological polar surface area (TPSA) is 66.5 Å². The maximum absolute atomic E-state index is 12.9. The molecule has 0 radical (unpaired) electrons. The maximum Gasteiger partial charge on any atom is 0.416 e. The summed E-state index contributed by atoms with van der Waals surface area (Å²) in [4.78, 5) is 12.7. The van der Waals surface area contributed by atoms with Crippen LogP contribution in [0.25, 0.3) is 0 Å². The van der Waals surface area contributed by atoms with Gasteiger partial charge in [-0.25, -0.2) is 13.1 Å². The van der Waals surface area contributed by atoms with Crippen molar-refractivity contribution in [1.29, 1.82) is 0 Å². The summed E-state index contributed by atoms with van der Waals surface area (Å²) < 4.78 is 65.7. The minimum Gasteiger partial charge on any atom is -0.341 e. The van der Waals surface area contributed by atoms with Crippen molar-refractivity contribution in [3.63, 3.8) is 0 Å². The number of hydrogen-bond donors (Lipinski definition) is 1. The number of hydrogen-bond acceptors (Lipinski definition) is 3. The molecule has 0 saturated carbocycles. The van der Waals surface area contributed by atoms with Crippen molar-refractivity contribution >= 4 is 15.9 Å². The maximum atomic E-state index is 12.9. The molecule has 2 rings (SSSR count). The molecule has 0 spiro atoms. The first-order valence-electron chi connectivity index (χ1n) is 7.48. The third kappa shape index (κ3) is 4.27. The van der Waals surface area contributed by atoms with Crippen molar-refractivity contribution in [1.82, 2.24) is 9.62 Å². The Morgan fingerprint density at radius 2 is 2.00 bits per heavy atom. The quantitative estimate of drug-likeness (QED) is 0.872. The van der Waals surface area contributed by atoms with Crippen LogP contribution < -0.4 is 4.72 Å². The van der Waals surface area contributed by atoms with Gasteiger partial charge in [0, 0.05) is 25.6 Å². The van der Waals surface area contributed by atoms with Crippen molar-refractivity contribution in [3.05, 3.63) is 29.3 Å². The first-order chi connectivity index (χ1) is 11.0. The fraction of sp³-hybridized carbons (Fsp3) is 0.533. The highest BCUT2D eigenvalue weighted by atomic mass is 32.2. The van der Waals surface area contributed by atoms with Gasteiger partial charge in [0.2, 0.25) is 15.9 Å². The molecule has 1 saturated heterocycles. The first-order valence-corrected chi connectivity index (χ1v) is 8.97. The summed E-state index contributed by atoms with van der Waals surface area (Å²) in [5, 5.41) is 0. The number of rotatable bonds is 5. The largest absolute Gasteiger partial charge is 0.416 e. The Morgan fingerprint density at radius 1 is 1.33 bits per heavy atom. The number of carbonyl (C=O) groups excluding carboxylic acids is 1. The standard InChI is InChI=1S/C15H19F3N2O3S/c1-10-5-6-12(8-13(10)15(16,17)18)24(22,23)19-11(2)9-20-7-3-4-14(20)21/h5-6,8,11,19H,3-4,7,9H2,1-2H3. The van der Waals surface area contributed by atoms with Crippen LogP contribution in [0.2, 0.25) is 0 Å². The highest BCUT2D eigenvalue weighted by Crippen LogP contribution is 2.33. The van der Waals surface area contributed by atoms with Gasteiger partial charge in [0.1, 0.15) is 0 Å². The second kappa shape index (κ2) is 6.72. The van der Waals surface area contributed by atoms with E-state index in [4.69, 9.17) is 0 Å². The van der Waals surface area contributed by atoms with Gasteiger partial charge in [0.25, 0.3) is 0 Å². The monoisotopic (exact) mass is 364 g/mol. The summed E-state index contributed by atoms with van der Waals surface area (Å²) in [6.45, 7) is 3.60. The molecule has 1 aliphatic rings. The molecule has 1 N–H and O–H groups in total. The number of amides is 1. The van der Waals surface area contributed by atoms with Crippen molar-refractivity contribution in [3.8, 4) is 0 Å². The van der Waals surface area contributed by atoms with Crippen LogP contribution >= 0.6 is 0 Å². The summed E-state index contributed by atoms with van der Waals surface area (Å²) in [6.07, 6.45) is -3.46. The minimum absolute atomic E-state index is 0.0443. The molecule has 0 bridgehead atoms. The van der Waals surface area contributed by atoms with E-state index in [1.807, 2.05) is 0 Å². The lowest BCUT2D eigenvalue weighted by Gasteiger charge is -2.22. The minimum atomic E-state index is -4.62. The number of carbonyl (C=O) groups is 1. The van der Waals surface area contributed by atoms with E-state index in [9.17, 15) is 26.4 Å². The molecule has 1 aromatic carbocycles. The van der Waals surface area contributed by atoms with Gasteiger partial charge in [0.15, 0.2) is 0 Å². The number of aryl methyl sites for hydroxylation is 1. The number of sulfonamides is 1. The van der Waals surface area contributed by atoms with Crippen molar-refractivity contribution in [2.75, 3.05) is 13.1 Å². The summed E-state index contributed by atoms with van der Waals surface area (Å²) >= 11 is 0. The van der Waals surface area contributed by atoms with Crippen LogP contribution in [0.3, 0.4) is 0 Å². The lowest BCUT2D eigenvalue weighted by Crippen LogP contribution is -2.42. The number of likely N-dealkylation sites (tertiary alicyclic amines) is 1. The molecule has 1 amide bonds. The van der Waals surface area contributed by atoms with Gasteiger partial charge in [-0.1, -0.05) is 6.07 Å². The van der Waals surface area contributed by atoms with E-state index in [0.29, 0.717) is 19.0 Å². The number of halogens is 3. The van der Waals surface area contributed by atoms with Crippen LogP contribution in [-0.4, -0.2) is 38.4 Å². The predicted molar refractivity (Wildman–Crippen MR) is 81.8 cm³/mol. The Bertz CT molecular complexity index is 732. The predicted octanol–water partition coefficient (Wildman–Crippen LogP) is 2.30. The molecule has 1 atom stereocenters. The molecule has 0 aliphatic carbocycles. The average molecular weight is 364 g/mol. The zero-order chi connectivity index (χ0) is 18.1. The number of benzene rings is 1. The molecule has 0 aromatic heterocycles. The summed E-state index contributed by atoms with van der Waals surface area (Å²) in [7, 11) is -4.11. The van der Waals surface area contributed by atoms with E-state index >= 15 is 0 Å². The van der Waals surface area contributed by atoms with Crippen molar-refractivity contribution < 1.29 is 26.4 Å². The van der Waals surface area contributed by atoms with E-state index in [-0.39, 0.29) is 18.0 Å². The molecular weight excluding hydrogens is 345 g/mol. The SMILES string of the molecule is Cc1ccc(S(=O)(=O)NC(C)CN2CCCC2=O)cc1C(F)(F)F. The molecule has 134 valence electrons. The highest BCUT2D eigenvalue weighted by Gasteiger charge is 2.34. The molecule has 1 heterocycles. The van der Waals surface area contributed by atoms with Gasteiger partial charge in [-0.15, -0.1) is 0 Å². The Morgan fingerprint density at radius 3 is 2.54 bits per heavy atom. The Balaban J connectivity index is 2.16. The summed E-state index contributed by atoms with van der Waals surface area (Å²) in [5.74, 6) is -0.0456. The molecule has 24 heavy (non-hydrogen) atoms. The molecule has 1 fully saturated rings. The van der Waals surface area contributed by atoms with Crippen molar-refractivity contribution in [2.45, 2.75) is 43.8 Å². The first kappa shape index (κ1) is 18.7. The van der Waals surface area contributed by atoms with Crippen LogP contribution in [0.4, 0.5) is 13.2 Å². The highest BCUT2D eigenvalue weighted by molar-refractivity contribution is 7.89. The van der Waals surface area contributed by atoms with Gasteiger partial charge in [0.05, 0.1) is 10.5 Å². The smallest absolute Gasteiger partial charge is 0.341 e. The normalized spacial score (nSPS) is 17.4. The fourth-order valence-electron chi connectivity index (χ4n) is 2.67. The van der Waals surface area contributed by atoms with E-state index in [1.54, 1.807) is 11.8 Å². The number of nitrogens with zero attached hydrogens (tertiary/aromatic N) is 1. The van der Waals surface area contributed by atoms with Crippen LogP contribution in [-0.2, 0) is 21.0 Å². The lowest BCUT2D eigenvalue weighted by atomic mass is 10.1. The molecule has 1 aliphatic heterocycles. The Hall–Kier alpha value is -1.61. The second-order valence-electron chi connectivity index (χ2n) is 5.94. The van der Waals surface area contributed by atoms with Crippen molar-refractivity contribution in [2.24, 2.45) is 0 Å². The van der Waals surface area contributed by atoms with Gasteiger partial charge >= 0.3 is 6.18 Å². The van der Waals surface area contributed by atoms with E-state index in [0.717, 1.165) is 18.6 Å². The fourth-order valence-corrected chi connectivity index (χ4v) is 3.93. The van der Waals surface area contributed by atoms with Crippen LogP contribution in [0, 0.1) is 6.92 Å². The molecular formula is C15H19F3N2O3S. The molecule has 5 nitrogen and oxygen atoms in total. The molecule has 1 unspecified atom stereocenters. The number of alkyl halides is 3. The summed E-state index contributed by atoms with van der Waals surface area (Å²) in [5.41, 5.74) is -1.02. The molecule has 1 aromatic rings. The van der Waals surface area contributed by atoms with E-state index in [2.05, 4.69) is 4.72 Å². The third-order valence-electron chi connectivity index (χ3n) is 3.85. The Labute approximate surface area is 138 Å². The van der Waals surface area contributed by atoms with Crippen LogP contribution in [0.15, 0.2) is 23.1 Å². The average Bonchev–Trinajstić information content (AvgIpc) is 2.82.